The second-order valence-corrected chi connectivity index (χ2v) is 11.8. The van der Waals surface area contributed by atoms with Gasteiger partial charge in [-0.05, 0) is 66.4 Å². The Hall–Kier alpha value is -2.30. The summed E-state index contributed by atoms with van der Waals surface area (Å²) < 4.78 is 32.8. The van der Waals surface area contributed by atoms with Crippen LogP contribution in [0.4, 0.5) is 0 Å². The van der Waals surface area contributed by atoms with E-state index in [1.165, 1.54) is 4.68 Å². The highest BCUT2D eigenvalue weighted by Crippen LogP contribution is 2.37. The Morgan fingerprint density at radius 1 is 1.06 bits per heavy atom. The molecule has 1 fully saturated rings. The van der Waals surface area contributed by atoms with Crippen LogP contribution in [0.2, 0.25) is 15.3 Å². The zero-order valence-electron chi connectivity index (χ0n) is 18.4. The topological polar surface area (TPSA) is 97.4 Å². The smallest absolute Gasteiger partial charge is 0.286 e. The van der Waals surface area contributed by atoms with E-state index < -0.39 is 15.7 Å². The first-order valence-corrected chi connectivity index (χ1v) is 14.0. The molecule has 35 heavy (non-hydrogen) atoms. The van der Waals surface area contributed by atoms with E-state index >= 15 is 0 Å². The van der Waals surface area contributed by atoms with Gasteiger partial charge in [-0.1, -0.05) is 29.6 Å². The Morgan fingerprint density at radius 2 is 1.83 bits per heavy atom. The summed E-state index contributed by atoms with van der Waals surface area (Å²) >= 11 is 18.5. The fraction of sp³-hybridized carbons (Fsp3) is 0.304. The summed E-state index contributed by atoms with van der Waals surface area (Å²) in [7, 11) is -3.58. The summed E-state index contributed by atoms with van der Waals surface area (Å²) in [6.07, 6.45) is 4.64. The van der Waals surface area contributed by atoms with Crippen LogP contribution in [-0.4, -0.2) is 48.0 Å². The van der Waals surface area contributed by atoms with Crippen molar-refractivity contribution in [3.8, 4) is 5.69 Å². The van der Waals surface area contributed by atoms with E-state index in [1.807, 2.05) is 5.01 Å². The van der Waals surface area contributed by atoms with E-state index in [0.717, 1.165) is 32.4 Å². The number of fused-ring (bicyclic) bond motifs is 1. The van der Waals surface area contributed by atoms with Crippen LogP contribution in [0, 0.1) is 0 Å². The van der Waals surface area contributed by atoms with Gasteiger partial charge in [-0.2, -0.15) is 5.10 Å². The third-order valence-electron chi connectivity index (χ3n) is 5.91. The lowest BCUT2D eigenvalue weighted by atomic mass is 10.1. The largest absolute Gasteiger partial charge is 0.445 e. The Morgan fingerprint density at radius 3 is 2.51 bits per heavy atom. The van der Waals surface area contributed by atoms with Gasteiger partial charge >= 0.3 is 0 Å². The highest BCUT2D eigenvalue weighted by molar-refractivity contribution is 7.91. The molecule has 2 aliphatic rings. The number of carbonyl (C=O) groups excluding carboxylic acids is 1. The summed E-state index contributed by atoms with van der Waals surface area (Å²) in [5.74, 6) is -0.679. The van der Waals surface area contributed by atoms with E-state index in [0.29, 0.717) is 38.3 Å². The van der Waals surface area contributed by atoms with Gasteiger partial charge in [0.2, 0.25) is 0 Å². The quantitative estimate of drug-likeness (QED) is 0.485. The van der Waals surface area contributed by atoms with Crippen molar-refractivity contribution < 1.29 is 17.6 Å². The van der Waals surface area contributed by atoms with Crippen molar-refractivity contribution in [1.29, 1.82) is 0 Å². The van der Waals surface area contributed by atoms with Crippen LogP contribution < -0.4 is 5.43 Å². The second kappa shape index (κ2) is 9.63. The zero-order chi connectivity index (χ0) is 24.7. The highest BCUT2D eigenvalue weighted by atomic mass is 35.5. The molecule has 3 aromatic rings. The number of hydrogen-bond acceptors (Lipinski definition) is 6. The molecule has 5 rings (SSSR count). The van der Waals surface area contributed by atoms with Gasteiger partial charge in [0.1, 0.15) is 5.76 Å². The maximum atomic E-state index is 13.3. The van der Waals surface area contributed by atoms with Crippen LogP contribution in [0.15, 0.2) is 34.7 Å². The number of rotatable bonds is 4. The van der Waals surface area contributed by atoms with Crippen molar-refractivity contribution >= 4 is 62.2 Å². The monoisotopic (exact) mass is 554 g/mol. The maximum Gasteiger partial charge on any atom is 0.286 e. The number of piperidine rings is 1. The van der Waals surface area contributed by atoms with E-state index in [-0.39, 0.29) is 22.4 Å². The molecule has 0 unspecified atom stereocenters. The van der Waals surface area contributed by atoms with Crippen molar-refractivity contribution in [1.82, 2.24) is 20.2 Å². The molecule has 184 valence electrons. The summed E-state index contributed by atoms with van der Waals surface area (Å²) in [4.78, 5) is 13.3. The lowest BCUT2D eigenvalue weighted by Crippen LogP contribution is -2.45. The van der Waals surface area contributed by atoms with Gasteiger partial charge in [-0.15, -0.1) is 0 Å². The molecule has 1 amide bonds. The minimum absolute atomic E-state index is 0.0308. The van der Waals surface area contributed by atoms with Gasteiger partial charge in [0.15, 0.2) is 20.8 Å². The molecule has 0 bridgehead atoms. The van der Waals surface area contributed by atoms with E-state index in [2.05, 4.69) is 10.5 Å². The number of sulfone groups is 1. The first-order valence-electron chi connectivity index (χ1n) is 11.0. The molecule has 0 atom stereocenters. The zero-order valence-corrected chi connectivity index (χ0v) is 21.5. The Bertz CT molecular complexity index is 1440. The number of benzene rings is 1. The SMILES string of the molecule is O=C(NN1CCCCC1)c1nn(-c2ccc(Cl)cc2Cl)c2c1CS(=O)(=O)CC2=Cc1ccc(Cl)o1. The summed E-state index contributed by atoms with van der Waals surface area (Å²) in [6.45, 7) is 1.45. The van der Waals surface area contributed by atoms with E-state index in [1.54, 1.807) is 36.4 Å². The van der Waals surface area contributed by atoms with Crippen LogP contribution in [0.1, 0.15) is 46.8 Å². The fourth-order valence-electron chi connectivity index (χ4n) is 4.39. The molecular weight excluding hydrogens is 535 g/mol. The molecule has 8 nitrogen and oxygen atoms in total. The van der Waals surface area contributed by atoms with Crippen molar-refractivity contribution in [2.24, 2.45) is 0 Å². The molecule has 1 N–H and O–H groups in total. The van der Waals surface area contributed by atoms with Gasteiger partial charge in [-0.25, -0.2) is 18.1 Å². The number of halogens is 3. The lowest BCUT2D eigenvalue weighted by Gasteiger charge is -2.26. The van der Waals surface area contributed by atoms with Crippen LogP contribution >= 0.6 is 34.8 Å². The Kier molecular flexibility index (Phi) is 6.71. The molecule has 0 aliphatic carbocycles. The lowest BCUT2D eigenvalue weighted by molar-refractivity contribution is 0.0743. The Labute approximate surface area is 217 Å². The number of carbonyl (C=O) groups is 1. The number of aromatic nitrogens is 2. The predicted molar refractivity (Wildman–Crippen MR) is 136 cm³/mol. The molecule has 0 spiro atoms. The third kappa shape index (κ3) is 5.15. The van der Waals surface area contributed by atoms with Gasteiger partial charge < -0.3 is 4.42 Å². The van der Waals surface area contributed by atoms with Gasteiger partial charge in [0, 0.05) is 23.7 Å². The predicted octanol–water partition coefficient (Wildman–Crippen LogP) is 5.03. The van der Waals surface area contributed by atoms with Gasteiger partial charge in [-0.3, -0.25) is 10.2 Å². The number of hydrazine groups is 1. The van der Waals surface area contributed by atoms with Crippen LogP contribution in [-0.2, 0) is 15.6 Å². The van der Waals surface area contributed by atoms with Gasteiger partial charge in [0.25, 0.3) is 5.91 Å². The molecule has 12 heteroatoms. The molecule has 0 radical (unpaired) electrons. The average molecular weight is 556 g/mol. The van der Waals surface area contributed by atoms with E-state index in [9.17, 15) is 13.2 Å². The van der Waals surface area contributed by atoms with Crippen molar-refractivity contribution in [3.05, 3.63) is 68.3 Å². The molecule has 2 aromatic heterocycles. The first-order chi connectivity index (χ1) is 16.7. The minimum atomic E-state index is -3.58. The first kappa shape index (κ1) is 24.4. The van der Waals surface area contributed by atoms with Crippen LogP contribution in [0.25, 0.3) is 17.3 Å². The molecule has 4 heterocycles. The maximum absolute atomic E-state index is 13.3. The minimum Gasteiger partial charge on any atom is -0.445 e. The molecular formula is C23H21Cl3N4O4S. The summed E-state index contributed by atoms with van der Waals surface area (Å²) in [6, 6.07) is 8.09. The fourth-order valence-corrected chi connectivity index (χ4v) is 6.54. The summed E-state index contributed by atoms with van der Waals surface area (Å²) in [5, 5.41) is 7.32. The second-order valence-electron chi connectivity index (χ2n) is 8.52. The number of furan rings is 1. The number of nitrogens with one attached hydrogen (secondary N) is 1. The van der Waals surface area contributed by atoms with Crippen molar-refractivity contribution in [2.75, 3.05) is 18.8 Å². The standard InChI is InChI=1S/C23H21Cl3N4O4S/c24-15-4-6-19(18(25)11-15)30-22-14(10-16-5-7-20(26)34-16)12-35(32,33)13-17(22)21(27-30)23(31)28-29-8-2-1-3-9-29/h4-7,10-11H,1-3,8-9,12-13H2,(H,28,31). The number of amides is 1. The van der Waals surface area contributed by atoms with Crippen LogP contribution in [0.5, 0.6) is 0 Å². The molecule has 1 aromatic carbocycles. The number of nitrogens with zero attached hydrogens (tertiary/aromatic N) is 3. The van der Waals surface area contributed by atoms with E-state index in [4.69, 9.17) is 39.2 Å². The van der Waals surface area contributed by atoms with Gasteiger partial charge in [0.05, 0.1) is 27.9 Å². The summed E-state index contributed by atoms with van der Waals surface area (Å²) in [5.41, 5.74) is 4.57. The van der Waals surface area contributed by atoms with Crippen molar-refractivity contribution in [2.45, 2.75) is 25.0 Å². The van der Waals surface area contributed by atoms with Crippen molar-refractivity contribution in [3.63, 3.8) is 0 Å². The molecule has 1 saturated heterocycles. The Balaban J connectivity index is 1.68. The van der Waals surface area contributed by atoms with Crippen LogP contribution in [0.3, 0.4) is 0 Å². The highest BCUT2D eigenvalue weighted by Gasteiger charge is 2.36. The number of hydrogen-bond donors (Lipinski definition) is 1. The third-order valence-corrected chi connectivity index (χ3v) is 8.13. The molecule has 0 saturated carbocycles. The normalized spacial score (nSPS) is 19.0. The average Bonchev–Trinajstić information content (AvgIpc) is 3.37. The molecule has 2 aliphatic heterocycles.